The van der Waals surface area contributed by atoms with Crippen molar-refractivity contribution in [3.63, 3.8) is 0 Å². The monoisotopic (exact) mass is 391 g/mol. The molecule has 1 saturated heterocycles. The molecular formula is C19H13F4N3O2. The summed E-state index contributed by atoms with van der Waals surface area (Å²) in [6.45, 7) is -0.0288. The van der Waals surface area contributed by atoms with Crippen molar-refractivity contribution >= 4 is 17.5 Å². The summed E-state index contributed by atoms with van der Waals surface area (Å²) in [5.74, 6) is -4.68. The summed E-state index contributed by atoms with van der Waals surface area (Å²) < 4.78 is 53.0. The zero-order valence-electron chi connectivity index (χ0n) is 14.2. The van der Waals surface area contributed by atoms with Crippen LogP contribution in [0.4, 0.5) is 23.2 Å². The van der Waals surface area contributed by atoms with E-state index in [1.54, 1.807) is 6.07 Å². The lowest BCUT2D eigenvalue weighted by molar-refractivity contribution is -0.137. The third-order valence-electron chi connectivity index (χ3n) is 4.48. The largest absolute Gasteiger partial charge is 0.416 e. The maximum atomic E-state index is 14.2. The average molecular weight is 391 g/mol. The number of nitrogens with one attached hydrogen (secondary N) is 2. The minimum Gasteiger partial charge on any atom is -0.355 e. The van der Waals surface area contributed by atoms with E-state index in [1.807, 2.05) is 0 Å². The van der Waals surface area contributed by atoms with Gasteiger partial charge in [0.25, 0.3) is 0 Å². The van der Waals surface area contributed by atoms with E-state index < -0.39 is 41.2 Å². The molecule has 5 nitrogen and oxygen atoms in total. The highest BCUT2D eigenvalue weighted by molar-refractivity contribution is 6.08. The molecule has 9 heteroatoms. The number of nitrogens with zero attached hydrogens (tertiary/aromatic N) is 1. The third-order valence-corrected chi connectivity index (χ3v) is 4.48. The molecule has 2 atom stereocenters. The van der Waals surface area contributed by atoms with Crippen LogP contribution < -0.4 is 10.6 Å². The van der Waals surface area contributed by atoms with Gasteiger partial charge in [-0.2, -0.15) is 18.4 Å². The molecule has 0 bridgehead atoms. The number of nitriles is 1. The van der Waals surface area contributed by atoms with Crippen LogP contribution in [0.2, 0.25) is 0 Å². The maximum Gasteiger partial charge on any atom is 0.416 e. The Balaban J connectivity index is 1.89. The summed E-state index contributed by atoms with van der Waals surface area (Å²) in [6, 6.07) is 9.82. The number of carbonyl (C=O) groups excluding carboxylic acids is 2. The Hall–Kier alpha value is -3.41. The van der Waals surface area contributed by atoms with Crippen LogP contribution >= 0.6 is 0 Å². The van der Waals surface area contributed by atoms with E-state index in [-0.39, 0.29) is 23.4 Å². The standard InChI is InChI=1S/C19H13F4N3O2/c20-16-11(8-24)4-2-6-14(16)26-18(28)15-13(9-25-17(15)27)10-3-1-5-12(7-10)19(21,22)23/h1-7,13,15H,9H2,(H,25,27)(H,26,28)/t13-,15-/m1/s1. The van der Waals surface area contributed by atoms with Crippen LogP contribution in [-0.4, -0.2) is 18.4 Å². The lowest BCUT2D eigenvalue weighted by Crippen LogP contribution is -2.32. The Morgan fingerprint density at radius 3 is 2.61 bits per heavy atom. The predicted molar refractivity (Wildman–Crippen MR) is 90.4 cm³/mol. The number of hydrogen-bond acceptors (Lipinski definition) is 3. The normalized spacial score (nSPS) is 19.0. The van der Waals surface area contributed by atoms with Crippen molar-refractivity contribution in [2.45, 2.75) is 12.1 Å². The first-order valence-corrected chi connectivity index (χ1v) is 8.16. The second-order valence-corrected chi connectivity index (χ2v) is 6.22. The van der Waals surface area contributed by atoms with Crippen LogP contribution in [-0.2, 0) is 15.8 Å². The molecule has 2 N–H and O–H groups in total. The van der Waals surface area contributed by atoms with Crippen molar-refractivity contribution in [1.29, 1.82) is 5.26 Å². The average Bonchev–Trinajstić information content (AvgIpc) is 3.04. The fraction of sp³-hybridized carbons (Fsp3) is 0.211. The van der Waals surface area contributed by atoms with Crippen molar-refractivity contribution < 1.29 is 27.2 Å². The van der Waals surface area contributed by atoms with E-state index in [0.717, 1.165) is 12.1 Å². The first kappa shape index (κ1) is 19.4. The number of halogens is 4. The van der Waals surface area contributed by atoms with Crippen LogP contribution in [0.25, 0.3) is 0 Å². The van der Waals surface area contributed by atoms with Gasteiger partial charge in [0.15, 0.2) is 5.82 Å². The molecule has 1 aliphatic rings. The first-order valence-electron chi connectivity index (χ1n) is 8.16. The highest BCUT2D eigenvalue weighted by Gasteiger charge is 2.42. The van der Waals surface area contributed by atoms with Gasteiger partial charge in [-0.1, -0.05) is 24.3 Å². The molecule has 1 fully saturated rings. The molecule has 0 radical (unpaired) electrons. The summed E-state index contributed by atoms with van der Waals surface area (Å²) in [6.07, 6.45) is -4.56. The fourth-order valence-corrected chi connectivity index (χ4v) is 3.10. The van der Waals surface area contributed by atoms with Gasteiger partial charge in [-0.25, -0.2) is 4.39 Å². The van der Waals surface area contributed by atoms with E-state index in [9.17, 15) is 27.2 Å². The minimum atomic E-state index is -4.56. The second kappa shape index (κ2) is 7.31. The van der Waals surface area contributed by atoms with Crippen LogP contribution in [0, 0.1) is 23.1 Å². The molecular weight excluding hydrogens is 378 g/mol. The summed E-state index contributed by atoms with van der Waals surface area (Å²) in [4.78, 5) is 24.7. The number of anilines is 1. The first-order chi connectivity index (χ1) is 13.2. The quantitative estimate of drug-likeness (QED) is 0.623. The summed E-state index contributed by atoms with van der Waals surface area (Å²) in [5, 5.41) is 13.6. The molecule has 2 aromatic carbocycles. The molecule has 0 aliphatic carbocycles. The molecule has 0 aromatic heterocycles. The second-order valence-electron chi connectivity index (χ2n) is 6.22. The van der Waals surface area contributed by atoms with E-state index >= 15 is 0 Å². The highest BCUT2D eigenvalue weighted by Crippen LogP contribution is 2.35. The summed E-state index contributed by atoms with van der Waals surface area (Å²) >= 11 is 0. The van der Waals surface area contributed by atoms with Gasteiger partial charge in [0.2, 0.25) is 11.8 Å². The number of amides is 2. The zero-order chi connectivity index (χ0) is 20.5. The molecule has 2 amide bonds. The smallest absolute Gasteiger partial charge is 0.355 e. The van der Waals surface area contributed by atoms with Crippen molar-refractivity contribution in [1.82, 2.24) is 5.32 Å². The van der Waals surface area contributed by atoms with Crippen LogP contribution in [0.15, 0.2) is 42.5 Å². The van der Waals surface area contributed by atoms with Crippen LogP contribution in [0.3, 0.4) is 0 Å². The highest BCUT2D eigenvalue weighted by atomic mass is 19.4. The molecule has 0 unspecified atom stereocenters. The van der Waals surface area contributed by atoms with E-state index in [4.69, 9.17) is 5.26 Å². The lowest BCUT2D eigenvalue weighted by atomic mass is 9.87. The van der Waals surface area contributed by atoms with Crippen LogP contribution in [0.5, 0.6) is 0 Å². The number of carbonyl (C=O) groups is 2. The fourth-order valence-electron chi connectivity index (χ4n) is 3.10. The summed E-state index contributed by atoms with van der Waals surface area (Å²) in [7, 11) is 0. The Morgan fingerprint density at radius 1 is 1.21 bits per heavy atom. The minimum absolute atomic E-state index is 0.0288. The Labute approximate surface area is 157 Å². The van der Waals surface area contributed by atoms with Gasteiger partial charge in [-0.05, 0) is 23.8 Å². The lowest BCUT2D eigenvalue weighted by Gasteiger charge is -2.18. The molecule has 3 rings (SSSR count). The Kier molecular flexibility index (Phi) is 5.05. The summed E-state index contributed by atoms with van der Waals surface area (Å²) in [5.41, 5.74) is -1.30. The molecule has 2 aromatic rings. The topological polar surface area (TPSA) is 82.0 Å². The van der Waals surface area contributed by atoms with Crippen molar-refractivity contribution in [3.05, 3.63) is 65.0 Å². The SMILES string of the molecule is N#Cc1cccc(NC(=O)[C@H]2C(=O)NC[C@@H]2c2cccc(C(F)(F)F)c2)c1F. The zero-order valence-corrected chi connectivity index (χ0v) is 14.2. The van der Waals surface area contributed by atoms with Gasteiger partial charge in [0.1, 0.15) is 12.0 Å². The predicted octanol–water partition coefficient (Wildman–Crippen LogP) is 3.18. The van der Waals surface area contributed by atoms with Gasteiger partial charge < -0.3 is 10.6 Å². The Morgan fingerprint density at radius 2 is 1.93 bits per heavy atom. The van der Waals surface area contributed by atoms with Crippen molar-refractivity contribution in [2.24, 2.45) is 5.92 Å². The molecule has 144 valence electrons. The molecule has 1 aliphatic heterocycles. The van der Waals surface area contributed by atoms with Gasteiger partial charge in [0, 0.05) is 12.5 Å². The number of alkyl halides is 3. The van der Waals surface area contributed by atoms with Gasteiger partial charge in [-0.3, -0.25) is 9.59 Å². The van der Waals surface area contributed by atoms with Gasteiger partial charge in [-0.15, -0.1) is 0 Å². The van der Waals surface area contributed by atoms with E-state index in [0.29, 0.717) is 0 Å². The number of hydrogen-bond donors (Lipinski definition) is 2. The maximum absolute atomic E-state index is 14.2. The molecule has 1 heterocycles. The number of benzene rings is 2. The number of rotatable bonds is 3. The van der Waals surface area contributed by atoms with Gasteiger partial charge in [0.05, 0.1) is 16.8 Å². The van der Waals surface area contributed by atoms with E-state index in [1.165, 1.54) is 30.3 Å². The molecule has 0 saturated carbocycles. The van der Waals surface area contributed by atoms with Gasteiger partial charge >= 0.3 is 6.18 Å². The Bertz CT molecular complexity index is 982. The molecule has 28 heavy (non-hydrogen) atoms. The van der Waals surface area contributed by atoms with Crippen molar-refractivity contribution in [3.8, 4) is 6.07 Å². The third kappa shape index (κ3) is 3.67. The van der Waals surface area contributed by atoms with Crippen LogP contribution in [0.1, 0.15) is 22.6 Å². The van der Waals surface area contributed by atoms with E-state index in [2.05, 4.69) is 10.6 Å². The molecule has 0 spiro atoms. The van der Waals surface area contributed by atoms with Crippen molar-refractivity contribution in [2.75, 3.05) is 11.9 Å².